The number of hydrogen-bond donors (Lipinski definition) is 0. The summed E-state index contributed by atoms with van der Waals surface area (Å²) in [4.78, 5) is 14.8. The summed E-state index contributed by atoms with van der Waals surface area (Å²) >= 11 is 0. The van der Waals surface area contributed by atoms with Crippen molar-refractivity contribution in [3.05, 3.63) is 54.1 Å². The molecule has 6 heteroatoms. The van der Waals surface area contributed by atoms with Gasteiger partial charge in [0.15, 0.2) is 17.6 Å². The van der Waals surface area contributed by atoms with Crippen molar-refractivity contribution in [3.63, 3.8) is 0 Å². The molecule has 6 nitrogen and oxygen atoms in total. The normalized spacial score (nSPS) is 15.3. The Morgan fingerprint density at radius 1 is 1.11 bits per heavy atom. The molecule has 0 saturated heterocycles. The second-order valence-electron chi connectivity index (χ2n) is 6.18. The Kier molecular flexibility index (Phi) is 6.54. The van der Waals surface area contributed by atoms with Crippen molar-refractivity contribution in [2.45, 2.75) is 13.0 Å². The monoisotopic (exact) mass is 371 g/mol. The summed E-state index contributed by atoms with van der Waals surface area (Å²) in [7, 11) is 1.61. The Labute approximate surface area is 159 Å². The van der Waals surface area contributed by atoms with Gasteiger partial charge in [0.1, 0.15) is 19.0 Å². The minimum Gasteiger partial charge on any atom is -0.490 e. The van der Waals surface area contributed by atoms with Crippen LogP contribution in [0, 0.1) is 0 Å². The van der Waals surface area contributed by atoms with Crippen molar-refractivity contribution in [1.82, 2.24) is 4.90 Å². The first-order valence-corrected chi connectivity index (χ1v) is 9.11. The second kappa shape index (κ2) is 9.28. The highest BCUT2D eigenvalue weighted by atomic mass is 16.6. The minimum absolute atomic E-state index is 0.0898. The summed E-state index contributed by atoms with van der Waals surface area (Å²) in [5, 5.41) is 0. The maximum absolute atomic E-state index is 13.1. The molecule has 0 spiro atoms. The van der Waals surface area contributed by atoms with Crippen molar-refractivity contribution in [2.24, 2.45) is 0 Å². The third kappa shape index (κ3) is 4.71. The molecule has 27 heavy (non-hydrogen) atoms. The Bertz CT molecular complexity index is 764. The first kappa shape index (κ1) is 19.0. The molecule has 0 N–H and O–H groups in total. The Morgan fingerprint density at radius 3 is 2.63 bits per heavy atom. The summed E-state index contributed by atoms with van der Waals surface area (Å²) in [5.41, 5.74) is 0.535. The standard InChI is InChI=1S/C21H25NO5/c1-3-22(14-16-15-26-19-10-6-7-11-20(19)27-16)21(23)17-8-4-5-9-18(17)25-13-12-24-2/h4-11,16H,3,12-15H2,1-2H3. The van der Waals surface area contributed by atoms with Crippen molar-refractivity contribution < 1.29 is 23.7 Å². The fraction of sp³-hybridized carbons (Fsp3) is 0.381. The van der Waals surface area contributed by atoms with Gasteiger partial charge < -0.3 is 23.8 Å². The van der Waals surface area contributed by atoms with E-state index in [-0.39, 0.29) is 12.0 Å². The number of ether oxygens (including phenoxy) is 4. The van der Waals surface area contributed by atoms with Gasteiger partial charge in [0.05, 0.1) is 18.7 Å². The lowest BCUT2D eigenvalue weighted by Crippen LogP contribution is -2.43. The smallest absolute Gasteiger partial charge is 0.257 e. The first-order chi connectivity index (χ1) is 13.2. The number of para-hydroxylation sites is 3. The van der Waals surface area contributed by atoms with Gasteiger partial charge in [0, 0.05) is 13.7 Å². The molecule has 1 aliphatic heterocycles. The second-order valence-corrected chi connectivity index (χ2v) is 6.18. The van der Waals surface area contributed by atoms with Crippen LogP contribution in [0.2, 0.25) is 0 Å². The molecule has 1 unspecified atom stereocenters. The zero-order valence-electron chi connectivity index (χ0n) is 15.7. The largest absolute Gasteiger partial charge is 0.490 e. The highest BCUT2D eigenvalue weighted by molar-refractivity contribution is 5.97. The summed E-state index contributed by atoms with van der Waals surface area (Å²) in [6, 6.07) is 14.8. The van der Waals surface area contributed by atoms with Gasteiger partial charge in [0.2, 0.25) is 0 Å². The molecule has 0 saturated carbocycles. The molecule has 0 bridgehead atoms. The van der Waals surface area contributed by atoms with Crippen LogP contribution in [0.15, 0.2) is 48.5 Å². The highest BCUT2D eigenvalue weighted by Crippen LogP contribution is 2.31. The molecule has 2 aromatic carbocycles. The van der Waals surface area contributed by atoms with Gasteiger partial charge in [-0.1, -0.05) is 24.3 Å². The van der Waals surface area contributed by atoms with Gasteiger partial charge in [-0.2, -0.15) is 0 Å². The van der Waals surface area contributed by atoms with Crippen molar-refractivity contribution in [3.8, 4) is 17.2 Å². The minimum atomic E-state index is -0.217. The number of nitrogens with zero attached hydrogens (tertiary/aromatic N) is 1. The number of rotatable bonds is 8. The molecule has 1 aliphatic rings. The third-order valence-electron chi connectivity index (χ3n) is 4.32. The molecule has 2 aromatic rings. The lowest BCUT2D eigenvalue weighted by atomic mass is 10.1. The lowest BCUT2D eigenvalue weighted by molar-refractivity contribution is 0.0471. The van der Waals surface area contributed by atoms with Crippen LogP contribution < -0.4 is 14.2 Å². The highest BCUT2D eigenvalue weighted by Gasteiger charge is 2.26. The van der Waals surface area contributed by atoms with Gasteiger partial charge in [-0.3, -0.25) is 4.79 Å². The molecule has 1 amide bonds. The van der Waals surface area contributed by atoms with Crippen molar-refractivity contribution >= 4 is 5.91 Å². The van der Waals surface area contributed by atoms with Gasteiger partial charge in [0.25, 0.3) is 5.91 Å². The average molecular weight is 371 g/mol. The van der Waals surface area contributed by atoms with Gasteiger partial charge in [-0.05, 0) is 31.2 Å². The fourth-order valence-electron chi connectivity index (χ4n) is 2.93. The van der Waals surface area contributed by atoms with Gasteiger partial charge in [-0.25, -0.2) is 0 Å². The van der Waals surface area contributed by atoms with Crippen LogP contribution in [-0.4, -0.2) is 56.9 Å². The van der Waals surface area contributed by atoms with E-state index in [1.54, 1.807) is 24.1 Å². The van der Waals surface area contributed by atoms with Crippen LogP contribution in [0.25, 0.3) is 0 Å². The van der Waals surface area contributed by atoms with E-state index in [0.717, 1.165) is 5.75 Å². The molecule has 144 valence electrons. The van der Waals surface area contributed by atoms with E-state index >= 15 is 0 Å². The van der Waals surface area contributed by atoms with Crippen LogP contribution in [0.1, 0.15) is 17.3 Å². The summed E-state index contributed by atoms with van der Waals surface area (Å²) in [6.07, 6.45) is -0.217. The zero-order chi connectivity index (χ0) is 19.1. The molecule has 0 aliphatic carbocycles. The number of methoxy groups -OCH3 is 1. The molecular weight excluding hydrogens is 346 g/mol. The summed E-state index contributed by atoms with van der Waals surface area (Å²) in [6.45, 7) is 4.22. The van der Waals surface area contributed by atoms with Crippen molar-refractivity contribution in [2.75, 3.05) is 40.0 Å². The van der Waals surface area contributed by atoms with E-state index in [4.69, 9.17) is 18.9 Å². The van der Waals surface area contributed by atoms with Crippen LogP contribution in [0.3, 0.4) is 0 Å². The predicted molar refractivity (Wildman–Crippen MR) is 102 cm³/mol. The van der Waals surface area contributed by atoms with Crippen molar-refractivity contribution in [1.29, 1.82) is 0 Å². The molecule has 0 fully saturated rings. The predicted octanol–water partition coefficient (Wildman–Crippen LogP) is 3.01. The lowest BCUT2D eigenvalue weighted by Gasteiger charge is -2.31. The van der Waals surface area contributed by atoms with E-state index in [0.29, 0.717) is 50.0 Å². The maximum atomic E-state index is 13.1. The molecular formula is C21H25NO5. The van der Waals surface area contributed by atoms with Gasteiger partial charge >= 0.3 is 0 Å². The quantitative estimate of drug-likeness (QED) is 0.668. The topological polar surface area (TPSA) is 57.2 Å². The SMILES string of the molecule is CCN(CC1COc2ccccc2O1)C(=O)c1ccccc1OCCOC. The third-order valence-corrected chi connectivity index (χ3v) is 4.32. The summed E-state index contributed by atoms with van der Waals surface area (Å²) in [5.74, 6) is 1.91. The molecule has 1 heterocycles. The van der Waals surface area contributed by atoms with Crippen LogP contribution >= 0.6 is 0 Å². The maximum Gasteiger partial charge on any atom is 0.257 e. The number of benzene rings is 2. The first-order valence-electron chi connectivity index (χ1n) is 9.11. The number of hydrogen-bond acceptors (Lipinski definition) is 5. The molecule has 1 atom stereocenters. The molecule has 0 radical (unpaired) electrons. The van der Waals surface area contributed by atoms with Crippen LogP contribution in [0.5, 0.6) is 17.2 Å². The Morgan fingerprint density at radius 2 is 1.85 bits per heavy atom. The van der Waals surface area contributed by atoms with E-state index in [2.05, 4.69) is 0 Å². The van der Waals surface area contributed by atoms with Crippen LogP contribution in [0.4, 0.5) is 0 Å². The fourth-order valence-corrected chi connectivity index (χ4v) is 2.93. The number of carbonyl (C=O) groups is 1. The van der Waals surface area contributed by atoms with E-state index in [1.807, 2.05) is 43.3 Å². The number of likely N-dealkylation sites (N-methyl/N-ethyl adjacent to an activating group) is 1. The van der Waals surface area contributed by atoms with E-state index in [1.165, 1.54) is 0 Å². The average Bonchev–Trinajstić information content (AvgIpc) is 2.72. The number of carbonyl (C=O) groups excluding carboxylic acids is 1. The Balaban J connectivity index is 1.68. The summed E-state index contributed by atoms with van der Waals surface area (Å²) < 4.78 is 22.5. The Hall–Kier alpha value is -2.73. The van der Waals surface area contributed by atoms with E-state index < -0.39 is 0 Å². The van der Waals surface area contributed by atoms with E-state index in [9.17, 15) is 4.79 Å². The molecule has 0 aromatic heterocycles. The molecule has 3 rings (SSSR count). The number of amides is 1. The zero-order valence-corrected chi connectivity index (χ0v) is 15.7. The van der Waals surface area contributed by atoms with Gasteiger partial charge in [-0.15, -0.1) is 0 Å². The van der Waals surface area contributed by atoms with Crippen LogP contribution in [-0.2, 0) is 4.74 Å². The number of fused-ring (bicyclic) bond motifs is 1.